The Morgan fingerprint density at radius 1 is 1.40 bits per heavy atom. The third kappa shape index (κ3) is 3.70. The highest BCUT2D eigenvalue weighted by molar-refractivity contribution is 6.29. The summed E-state index contributed by atoms with van der Waals surface area (Å²) in [6.45, 7) is -1.25. The Kier molecular flexibility index (Phi) is 3.93. The maximum atomic E-state index is 12.3. The van der Waals surface area contributed by atoms with Gasteiger partial charge in [-0.3, -0.25) is 9.78 Å². The molecule has 9 heteroatoms. The molecule has 0 bridgehead atoms. The van der Waals surface area contributed by atoms with Crippen LogP contribution in [-0.4, -0.2) is 26.6 Å². The summed E-state index contributed by atoms with van der Waals surface area (Å²) in [4.78, 5) is 19.4. The fraction of sp³-hybridized carbons (Fsp3) is 0.182. The summed E-state index contributed by atoms with van der Waals surface area (Å²) < 4.78 is 37.8. The van der Waals surface area contributed by atoms with Crippen LogP contribution in [0, 0.1) is 0 Å². The zero-order chi connectivity index (χ0) is 14.8. The van der Waals surface area contributed by atoms with Crippen LogP contribution in [0.25, 0.3) is 0 Å². The van der Waals surface area contributed by atoms with E-state index in [9.17, 15) is 18.0 Å². The van der Waals surface area contributed by atoms with E-state index in [-0.39, 0.29) is 16.7 Å². The topological polar surface area (TPSA) is 59.8 Å². The second kappa shape index (κ2) is 5.49. The Balaban J connectivity index is 2.16. The Hall–Kier alpha value is -2.09. The number of amides is 1. The standard InChI is InChI=1S/C11H8ClF3N4O/c12-8-4-16-5-9(17-8)18-10(20)7-2-1-3-19(7)6-11(13,14)15/h1-5H,6H2,(H,17,18,20). The van der Waals surface area contributed by atoms with Gasteiger partial charge in [-0.05, 0) is 12.1 Å². The Morgan fingerprint density at radius 3 is 2.80 bits per heavy atom. The molecule has 2 aromatic heterocycles. The van der Waals surface area contributed by atoms with E-state index in [0.717, 1.165) is 4.57 Å². The number of hydrogen-bond acceptors (Lipinski definition) is 3. The van der Waals surface area contributed by atoms with E-state index < -0.39 is 18.6 Å². The molecule has 0 aromatic carbocycles. The Bertz CT molecular complexity index is 626. The molecule has 0 aliphatic rings. The van der Waals surface area contributed by atoms with E-state index in [0.29, 0.717) is 0 Å². The zero-order valence-electron chi connectivity index (χ0n) is 9.86. The van der Waals surface area contributed by atoms with Crippen molar-refractivity contribution in [3.8, 4) is 0 Å². The minimum atomic E-state index is -4.41. The van der Waals surface area contributed by atoms with E-state index >= 15 is 0 Å². The molecule has 0 aliphatic heterocycles. The molecule has 0 spiro atoms. The summed E-state index contributed by atoms with van der Waals surface area (Å²) in [7, 11) is 0. The number of carbonyl (C=O) groups is 1. The fourth-order valence-electron chi connectivity index (χ4n) is 1.53. The van der Waals surface area contributed by atoms with Crippen molar-refractivity contribution < 1.29 is 18.0 Å². The number of hydrogen-bond donors (Lipinski definition) is 1. The van der Waals surface area contributed by atoms with Gasteiger partial charge in [-0.25, -0.2) is 4.98 Å². The van der Waals surface area contributed by atoms with E-state index in [1.807, 2.05) is 0 Å². The maximum absolute atomic E-state index is 12.3. The molecule has 2 aromatic rings. The number of aromatic nitrogens is 3. The zero-order valence-corrected chi connectivity index (χ0v) is 10.6. The Morgan fingerprint density at radius 2 is 2.15 bits per heavy atom. The number of halogens is 4. The molecule has 2 heterocycles. The van der Waals surface area contributed by atoms with Gasteiger partial charge >= 0.3 is 6.18 Å². The number of nitrogens with one attached hydrogen (secondary N) is 1. The van der Waals surface area contributed by atoms with Crippen LogP contribution in [0.4, 0.5) is 19.0 Å². The maximum Gasteiger partial charge on any atom is 0.406 e. The molecular formula is C11H8ClF3N4O. The first-order chi connectivity index (χ1) is 9.35. The molecular weight excluding hydrogens is 297 g/mol. The van der Waals surface area contributed by atoms with E-state index in [1.165, 1.54) is 30.7 Å². The van der Waals surface area contributed by atoms with Crippen molar-refractivity contribution in [2.75, 3.05) is 5.32 Å². The van der Waals surface area contributed by atoms with Gasteiger partial charge < -0.3 is 9.88 Å². The first-order valence-electron chi connectivity index (χ1n) is 5.36. The van der Waals surface area contributed by atoms with Gasteiger partial charge in [0.2, 0.25) is 0 Å². The normalized spacial score (nSPS) is 11.4. The van der Waals surface area contributed by atoms with E-state index in [4.69, 9.17) is 11.6 Å². The molecule has 5 nitrogen and oxygen atoms in total. The molecule has 20 heavy (non-hydrogen) atoms. The number of rotatable bonds is 3. The van der Waals surface area contributed by atoms with Crippen molar-refractivity contribution in [2.45, 2.75) is 12.7 Å². The number of nitrogens with zero attached hydrogens (tertiary/aromatic N) is 3. The first-order valence-corrected chi connectivity index (χ1v) is 5.74. The molecule has 0 atom stereocenters. The number of carbonyl (C=O) groups excluding carboxylic acids is 1. The third-order valence-electron chi connectivity index (χ3n) is 2.26. The lowest BCUT2D eigenvalue weighted by molar-refractivity contribution is -0.140. The fourth-order valence-corrected chi connectivity index (χ4v) is 1.68. The molecule has 1 amide bonds. The highest BCUT2D eigenvalue weighted by atomic mass is 35.5. The summed E-state index contributed by atoms with van der Waals surface area (Å²) >= 11 is 5.59. The minimum absolute atomic E-state index is 0.0576. The molecule has 0 saturated carbocycles. The lowest BCUT2D eigenvalue weighted by Crippen LogP contribution is -2.23. The van der Waals surface area contributed by atoms with Crippen LogP contribution < -0.4 is 5.32 Å². The smallest absolute Gasteiger partial charge is 0.334 e. The van der Waals surface area contributed by atoms with Crippen molar-refractivity contribution in [3.05, 3.63) is 41.6 Å². The quantitative estimate of drug-likeness (QED) is 0.948. The van der Waals surface area contributed by atoms with Crippen LogP contribution in [0.2, 0.25) is 5.15 Å². The van der Waals surface area contributed by atoms with Crippen molar-refractivity contribution in [2.24, 2.45) is 0 Å². The van der Waals surface area contributed by atoms with Crippen LogP contribution in [0.3, 0.4) is 0 Å². The molecule has 1 N–H and O–H groups in total. The van der Waals surface area contributed by atoms with Gasteiger partial charge in [0.15, 0.2) is 5.82 Å². The monoisotopic (exact) mass is 304 g/mol. The number of anilines is 1. The van der Waals surface area contributed by atoms with Gasteiger partial charge in [-0.1, -0.05) is 11.6 Å². The second-order valence-corrected chi connectivity index (χ2v) is 4.20. The number of alkyl halides is 3. The van der Waals surface area contributed by atoms with Gasteiger partial charge in [-0.15, -0.1) is 0 Å². The molecule has 0 radical (unpaired) electrons. The lowest BCUT2D eigenvalue weighted by Gasteiger charge is -2.11. The highest BCUT2D eigenvalue weighted by Crippen LogP contribution is 2.19. The SMILES string of the molecule is O=C(Nc1cncc(Cl)n1)c1cccn1CC(F)(F)F. The average molecular weight is 305 g/mol. The van der Waals surface area contributed by atoms with Gasteiger partial charge in [-0.2, -0.15) is 13.2 Å². The molecule has 2 rings (SSSR count). The van der Waals surface area contributed by atoms with Crippen molar-refractivity contribution in [1.29, 1.82) is 0 Å². The van der Waals surface area contributed by atoms with Crippen LogP contribution in [0.1, 0.15) is 10.5 Å². The Labute approximate surface area is 116 Å². The summed E-state index contributed by atoms with van der Waals surface area (Å²) in [6, 6.07) is 2.63. The summed E-state index contributed by atoms with van der Waals surface area (Å²) in [5.41, 5.74) is -0.135. The summed E-state index contributed by atoms with van der Waals surface area (Å²) in [6.07, 6.45) is -0.736. The van der Waals surface area contributed by atoms with E-state index in [1.54, 1.807) is 0 Å². The van der Waals surface area contributed by atoms with Crippen molar-refractivity contribution in [1.82, 2.24) is 14.5 Å². The predicted molar refractivity (Wildman–Crippen MR) is 65.5 cm³/mol. The highest BCUT2D eigenvalue weighted by Gasteiger charge is 2.29. The van der Waals surface area contributed by atoms with Crippen LogP contribution >= 0.6 is 11.6 Å². The van der Waals surface area contributed by atoms with E-state index in [2.05, 4.69) is 15.3 Å². The first kappa shape index (κ1) is 14.3. The lowest BCUT2D eigenvalue weighted by atomic mass is 10.4. The van der Waals surface area contributed by atoms with Crippen LogP contribution in [-0.2, 0) is 6.54 Å². The van der Waals surface area contributed by atoms with Gasteiger partial charge in [0.05, 0.1) is 12.4 Å². The van der Waals surface area contributed by atoms with Gasteiger partial charge in [0, 0.05) is 6.20 Å². The van der Waals surface area contributed by atoms with Crippen LogP contribution in [0.15, 0.2) is 30.7 Å². The molecule has 106 valence electrons. The van der Waals surface area contributed by atoms with Crippen molar-refractivity contribution in [3.63, 3.8) is 0 Å². The average Bonchev–Trinajstić information content (AvgIpc) is 2.74. The molecule has 0 saturated heterocycles. The van der Waals surface area contributed by atoms with Crippen LogP contribution in [0.5, 0.6) is 0 Å². The second-order valence-electron chi connectivity index (χ2n) is 3.82. The minimum Gasteiger partial charge on any atom is -0.334 e. The predicted octanol–water partition coefficient (Wildman–Crippen LogP) is 2.75. The van der Waals surface area contributed by atoms with Crippen molar-refractivity contribution >= 4 is 23.3 Å². The van der Waals surface area contributed by atoms with Gasteiger partial charge in [0.25, 0.3) is 5.91 Å². The summed E-state index contributed by atoms with van der Waals surface area (Å²) in [5.74, 6) is -0.668. The van der Waals surface area contributed by atoms with Gasteiger partial charge in [0.1, 0.15) is 17.4 Å². The molecule has 0 aliphatic carbocycles. The molecule has 0 unspecified atom stereocenters. The molecule has 0 fully saturated rings. The third-order valence-corrected chi connectivity index (χ3v) is 2.44. The largest absolute Gasteiger partial charge is 0.406 e. The summed E-state index contributed by atoms with van der Waals surface area (Å²) in [5, 5.41) is 2.39.